The van der Waals surface area contributed by atoms with E-state index in [9.17, 15) is 0 Å². The van der Waals surface area contributed by atoms with Crippen LogP contribution in [-0.4, -0.2) is 31.1 Å². The molecule has 0 radical (unpaired) electrons. The maximum absolute atomic E-state index is 5.97. The molecule has 1 aliphatic rings. The molecule has 3 heteroatoms. The van der Waals surface area contributed by atoms with E-state index in [1.54, 1.807) is 11.3 Å². The van der Waals surface area contributed by atoms with Gasteiger partial charge in [-0.1, -0.05) is 25.3 Å². The first-order valence-corrected chi connectivity index (χ1v) is 9.63. The summed E-state index contributed by atoms with van der Waals surface area (Å²) in [7, 11) is 0. The van der Waals surface area contributed by atoms with E-state index in [-0.39, 0.29) is 0 Å². The number of likely N-dealkylation sites (tertiary alicyclic amines) is 1. The third-order valence-electron chi connectivity index (χ3n) is 4.53. The summed E-state index contributed by atoms with van der Waals surface area (Å²) in [5.74, 6) is 1.05. The highest BCUT2D eigenvalue weighted by atomic mass is 32.1. The summed E-state index contributed by atoms with van der Waals surface area (Å²) in [6.45, 7) is 4.80. The van der Waals surface area contributed by atoms with Gasteiger partial charge in [-0.25, -0.2) is 0 Å². The van der Waals surface area contributed by atoms with Crippen molar-refractivity contribution in [3.8, 4) is 5.75 Å². The molecule has 2 heterocycles. The molecule has 2 aromatic rings. The van der Waals surface area contributed by atoms with Gasteiger partial charge in [-0.05, 0) is 68.9 Å². The Balaban J connectivity index is 1.28. The first-order chi connectivity index (χ1) is 10.9. The second kappa shape index (κ2) is 8.54. The van der Waals surface area contributed by atoms with E-state index in [1.807, 2.05) is 0 Å². The monoisotopic (exact) mass is 317 g/mol. The van der Waals surface area contributed by atoms with Crippen LogP contribution in [0.25, 0.3) is 10.1 Å². The Morgan fingerprint density at radius 3 is 2.73 bits per heavy atom. The van der Waals surface area contributed by atoms with E-state index in [0.717, 1.165) is 12.4 Å². The molecule has 0 atom stereocenters. The number of piperidine rings is 1. The van der Waals surface area contributed by atoms with Crippen molar-refractivity contribution in [2.45, 2.75) is 44.9 Å². The number of fused-ring (bicyclic) bond motifs is 1. The van der Waals surface area contributed by atoms with Crippen molar-refractivity contribution in [1.82, 2.24) is 4.90 Å². The Labute approximate surface area is 138 Å². The molecule has 1 saturated heterocycles. The molecule has 0 amide bonds. The van der Waals surface area contributed by atoms with Crippen LogP contribution >= 0.6 is 11.3 Å². The Morgan fingerprint density at radius 2 is 1.82 bits per heavy atom. The van der Waals surface area contributed by atoms with Crippen LogP contribution in [0.4, 0.5) is 0 Å². The molecule has 0 aliphatic carbocycles. The minimum Gasteiger partial charge on any atom is -0.493 e. The molecule has 120 valence electrons. The fraction of sp³-hybridized carbons (Fsp3) is 0.579. The van der Waals surface area contributed by atoms with E-state index in [4.69, 9.17) is 4.74 Å². The summed E-state index contributed by atoms with van der Waals surface area (Å²) in [5, 5.41) is 3.40. The lowest BCUT2D eigenvalue weighted by atomic mass is 10.1. The zero-order chi connectivity index (χ0) is 15.0. The highest BCUT2D eigenvalue weighted by molar-refractivity contribution is 7.17. The predicted octanol–water partition coefficient (Wildman–Crippen LogP) is 5.33. The number of thiophene rings is 1. The van der Waals surface area contributed by atoms with Crippen LogP contribution in [0.5, 0.6) is 5.75 Å². The van der Waals surface area contributed by atoms with Crippen LogP contribution in [0.15, 0.2) is 29.6 Å². The van der Waals surface area contributed by atoms with Crippen LogP contribution in [-0.2, 0) is 0 Å². The summed E-state index contributed by atoms with van der Waals surface area (Å²) in [6.07, 6.45) is 9.38. The minimum atomic E-state index is 0.846. The van der Waals surface area contributed by atoms with Gasteiger partial charge in [0.1, 0.15) is 5.75 Å². The molecule has 1 aromatic heterocycles. The molecule has 22 heavy (non-hydrogen) atoms. The molecule has 1 aromatic carbocycles. The van der Waals surface area contributed by atoms with Crippen molar-refractivity contribution in [2.75, 3.05) is 26.2 Å². The number of ether oxygens (including phenoxy) is 1. The van der Waals surface area contributed by atoms with Crippen LogP contribution in [0.2, 0.25) is 0 Å². The van der Waals surface area contributed by atoms with Crippen LogP contribution in [0, 0.1) is 0 Å². The lowest BCUT2D eigenvalue weighted by Gasteiger charge is -2.26. The summed E-state index contributed by atoms with van der Waals surface area (Å²) < 4.78 is 7.29. The zero-order valence-electron chi connectivity index (χ0n) is 13.4. The fourth-order valence-electron chi connectivity index (χ4n) is 3.25. The molecule has 0 unspecified atom stereocenters. The Hall–Kier alpha value is -1.06. The van der Waals surface area contributed by atoms with Gasteiger partial charge in [-0.15, -0.1) is 11.3 Å². The number of hydrogen-bond acceptors (Lipinski definition) is 3. The zero-order valence-corrected chi connectivity index (χ0v) is 14.2. The standard InChI is InChI=1S/C19H27NOS/c1(4-12-20-13-5-3-6-14-20)2-7-15-21-18-9-8-10-19-17(18)11-16-22-19/h8-11,16H,1-7,12-15H2. The van der Waals surface area contributed by atoms with Gasteiger partial charge < -0.3 is 9.64 Å². The maximum Gasteiger partial charge on any atom is 0.127 e. The quantitative estimate of drug-likeness (QED) is 0.610. The lowest BCUT2D eigenvalue weighted by molar-refractivity contribution is 0.223. The SMILES string of the molecule is c1cc(OCCCCCCN2CCCCC2)c2ccsc2c1. The van der Waals surface area contributed by atoms with E-state index in [1.165, 1.54) is 74.7 Å². The van der Waals surface area contributed by atoms with E-state index in [2.05, 4.69) is 34.5 Å². The Kier molecular flexibility index (Phi) is 6.14. The summed E-state index contributed by atoms with van der Waals surface area (Å²) in [6, 6.07) is 8.50. The largest absolute Gasteiger partial charge is 0.493 e. The van der Waals surface area contributed by atoms with Crippen molar-refractivity contribution >= 4 is 21.4 Å². The average Bonchev–Trinajstić information content (AvgIpc) is 3.04. The smallest absolute Gasteiger partial charge is 0.127 e. The summed E-state index contributed by atoms with van der Waals surface area (Å²) >= 11 is 1.78. The molecular formula is C19H27NOS. The van der Waals surface area contributed by atoms with E-state index in [0.29, 0.717) is 0 Å². The molecule has 0 bridgehead atoms. The minimum absolute atomic E-state index is 0.846. The lowest BCUT2D eigenvalue weighted by Crippen LogP contribution is -2.30. The van der Waals surface area contributed by atoms with Crippen molar-refractivity contribution in [3.05, 3.63) is 29.6 Å². The molecule has 3 rings (SSSR count). The summed E-state index contributed by atoms with van der Waals surface area (Å²) in [4.78, 5) is 2.64. The number of hydrogen-bond donors (Lipinski definition) is 0. The van der Waals surface area contributed by atoms with Crippen LogP contribution < -0.4 is 4.74 Å². The van der Waals surface area contributed by atoms with E-state index < -0.39 is 0 Å². The highest BCUT2D eigenvalue weighted by Crippen LogP contribution is 2.29. The molecule has 0 N–H and O–H groups in total. The number of nitrogens with zero attached hydrogens (tertiary/aromatic N) is 1. The average molecular weight is 317 g/mol. The van der Waals surface area contributed by atoms with Crippen LogP contribution in [0.3, 0.4) is 0 Å². The highest BCUT2D eigenvalue weighted by Gasteiger charge is 2.08. The topological polar surface area (TPSA) is 12.5 Å². The molecular weight excluding hydrogens is 290 g/mol. The number of unbranched alkanes of at least 4 members (excludes halogenated alkanes) is 3. The molecule has 2 nitrogen and oxygen atoms in total. The molecule has 0 saturated carbocycles. The Morgan fingerprint density at radius 1 is 0.955 bits per heavy atom. The van der Waals surface area contributed by atoms with Gasteiger partial charge in [0.15, 0.2) is 0 Å². The first-order valence-electron chi connectivity index (χ1n) is 8.75. The van der Waals surface area contributed by atoms with Gasteiger partial charge in [0.25, 0.3) is 0 Å². The van der Waals surface area contributed by atoms with Gasteiger partial charge in [-0.3, -0.25) is 0 Å². The van der Waals surface area contributed by atoms with Crippen molar-refractivity contribution in [2.24, 2.45) is 0 Å². The third kappa shape index (κ3) is 4.47. The first kappa shape index (κ1) is 15.8. The number of rotatable bonds is 8. The van der Waals surface area contributed by atoms with Crippen molar-refractivity contribution in [1.29, 1.82) is 0 Å². The molecule has 1 fully saturated rings. The number of benzene rings is 1. The van der Waals surface area contributed by atoms with E-state index >= 15 is 0 Å². The van der Waals surface area contributed by atoms with Gasteiger partial charge in [0.05, 0.1) is 6.61 Å². The van der Waals surface area contributed by atoms with Gasteiger partial charge in [0.2, 0.25) is 0 Å². The van der Waals surface area contributed by atoms with Crippen molar-refractivity contribution in [3.63, 3.8) is 0 Å². The van der Waals surface area contributed by atoms with Gasteiger partial charge in [0, 0.05) is 10.1 Å². The normalized spacial score (nSPS) is 16.2. The molecule has 0 spiro atoms. The fourth-order valence-corrected chi connectivity index (χ4v) is 4.05. The second-order valence-corrected chi connectivity index (χ2v) is 7.20. The van der Waals surface area contributed by atoms with Gasteiger partial charge in [-0.2, -0.15) is 0 Å². The van der Waals surface area contributed by atoms with Crippen LogP contribution in [0.1, 0.15) is 44.9 Å². The Bertz CT molecular complexity index is 559. The van der Waals surface area contributed by atoms with Gasteiger partial charge >= 0.3 is 0 Å². The predicted molar refractivity (Wildman–Crippen MR) is 96.1 cm³/mol. The van der Waals surface area contributed by atoms with Crippen molar-refractivity contribution < 1.29 is 4.74 Å². The summed E-state index contributed by atoms with van der Waals surface area (Å²) in [5.41, 5.74) is 0. The maximum atomic E-state index is 5.97. The second-order valence-electron chi connectivity index (χ2n) is 6.25. The molecule has 1 aliphatic heterocycles. The third-order valence-corrected chi connectivity index (χ3v) is 5.41.